The number of aliphatic carboxylic acids is 2. The van der Waals surface area contributed by atoms with Crippen LogP contribution in [0.5, 0.6) is 0 Å². The average molecular weight is 368 g/mol. The van der Waals surface area contributed by atoms with Crippen LogP contribution in [0.15, 0.2) is 24.3 Å². The van der Waals surface area contributed by atoms with E-state index in [0.29, 0.717) is 12.2 Å². The SMILES string of the molecule is CC(O)C(O)(C=CC(=O)O)C=CC(=O)O.CC(O)CO.CC(O)CO. The highest BCUT2D eigenvalue weighted by molar-refractivity contribution is 5.81. The molecule has 0 aromatic carbocycles. The van der Waals surface area contributed by atoms with Crippen LogP contribution in [-0.2, 0) is 9.59 Å². The Bertz CT molecular complexity index is 381. The van der Waals surface area contributed by atoms with Gasteiger partial charge in [-0.2, -0.15) is 0 Å². The summed E-state index contributed by atoms with van der Waals surface area (Å²) in [6.45, 7) is 3.98. The van der Waals surface area contributed by atoms with Gasteiger partial charge in [0.05, 0.1) is 31.5 Å². The molecule has 0 fully saturated rings. The summed E-state index contributed by atoms with van der Waals surface area (Å²) in [5.41, 5.74) is -2.00. The molecule has 3 atom stereocenters. The fraction of sp³-hybridized carbons (Fsp3) is 0.600. The second-order valence-electron chi connectivity index (χ2n) is 4.97. The molecule has 10 heteroatoms. The molecule has 0 aliphatic rings. The summed E-state index contributed by atoms with van der Waals surface area (Å²) >= 11 is 0. The molecule has 25 heavy (non-hydrogen) atoms. The van der Waals surface area contributed by atoms with Gasteiger partial charge in [-0.3, -0.25) is 0 Å². The van der Waals surface area contributed by atoms with Crippen LogP contribution in [0.2, 0.25) is 0 Å². The minimum atomic E-state index is -2.00. The van der Waals surface area contributed by atoms with Gasteiger partial charge in [-0.05, 0) is 32.9 Å². The smallest absolute Gasteiger partial charge is 0.328 e. The zero-order valence-electron chi connectivity index (χ0n) is 14.3. The number of aliphatic hydroxyl groups excluding tert-OH is 5. The van der Waals surface area contributed by atoms with E-state index in [4.69, 9.17) is 35.7 Å². The van der Waals surface area contributed by atoms with Gasteiger partial charge in [-0.1, -0.05) is 0 Å². The Kier molecular flexibility index (Phi) is 17.6. The Morgan fingerprint density at radius 3 is 1.20 bits per heavy atom. The lowest BCUT2D eigenvalue weighted by atomic mass is 9.96. The fourth-order valence-corrected chi connectivity index (χ4v) is 0.744. The van der Waals surface area contributed by atoms with Crippen LogP contribution < -0.4 is 0 Å². The van der Waals surface area contributed by atoms with Crippen molar-refractivity contribution in [2.75, 3.05) is 13.2 Å². The molecule has 10 nitrogen and oxygen atoms in total. The van der Waals surface area contributed by atoms with Gasteiger partial charge in [-0.25, -0.2) is 9.59 Å². The summed E-state index contributed by atoms with van der Waals surface area (Å²) in [6.07, 6.45) is 0.408. The van der Waals surface area contributed by atoms with E-state index in [1.165, 1.54) is 20.8 Å². The highest BCUT2D eigenvalue weighted by Gasteiger charge is 2.27. The number of carboxylic acid groups (broad SMARTS) is 2. The summed E-state index contributed by atoms with van der Waals surface area (Å²) in [5.74, 6) is -2.62. The zero-order valence-corrected chi connectivity index (χ0v) is 14.3. The van der Waals surface area contributed by atoms with Crippen LogP contribution in [0, 0.1) is 0 Å². The maximum atomic E-state index is 10.2. The number of aliphatic hydroxyl groups is 6. The van der Waals surface area contributed by atoms with Gasteiger partial charge in [0.2, 0.25) is 0 Å². The van der Waals surface area contributed by atoms with E-state index in [-0.39, 0.29) is 13.2 Å². The first-order valence-electron chi connectivity index (χ1n) is 7.14. The van der Waals surface area contributed by atoms with Crippen molar-refractivity contribution in [1.29, 1.82) is 0 Å². The molecule has 148 valence electrons. The lowest BCUT2D eigenvalue weighted by Gasteiger charge is -2.23. The van der Waals surface area contributed by atoms with Gasteiger partial charge in [0, 0.05) is 12.2 Å². The zero-order chi connectivity index (χ0) is 20.6. The van der Waals surface area contributed by atoms with Gasteiger partial charge >= 0.3 is 11.9 Å². The minimum Gasteiger partial charge on any atom is -0.478 e. The summed E-state index contributed by atoms with van der Waals surface area (Å²) in [4.78, 5) is 20.4. The predicted octanol–water partition coefficient (Wildman–Crippen LogP) is -1.90. The van der Waals surface area contributed by atoms with E-state index in [2.05, 4.69) is 0 Å². The van der Waals surface area contributed by atoms with Crippen molar-refractivity contribution in [2.45, 2.75) is 44.7 Å². The number of carboxylic acids is 2. The van der Waals surface area contributed by atoms with Crippen molar-refractivity contribution >= 4 is 11.9 Å². The van der Waals surface area contributed by atoms with E-state index in [1.54, 1.807) is 0 Å². The Labute approximate surface area is 145 Å². The first-order chi connectivity index (χ1) is 11.3. The molecule has 0 radical (unpaired) electrons. The Morgan fingerprint density at radius 2 is 1.08 bits per heavy atom. The fourth-order valence-electron chi connectivity index (χ4n) is 0.744. The second kappa shape index (κ2) is 15.7. The monoisotopic (exact) mass is 368 g/mol. The van der Waals surface area contributed by atoms with Crippen molar-refractivity contribution in [3.8, 4) is 0 Å². The second-order valence-corrected chi connectivity index (χ2v) is 4.97. The van der Waals surface area contributed by atoms with Gasteiger partial charge < -0.3 is 40.9 Å². The summed E-state index contributed by atoms with van der Waals surface area (Å²) in [6, 6.07) is 0. The van der Waals surface area contributed by atoms with Gasteiger partial charge in [0.1, 0.15) is 5.60 Å². The molecule has 0 aliphatic heterocycles. The van der Waals surface area contributed by atoms with E-state index < -0.39 is 35.9 Å². The highest BCUT2D eigenvalue weighted by atomic mass is 16.4. The molecule has 0 heterocycles. The molecule has 0 saturated heterocycles. The standard InChI is InChI=1S/C9H12O6.2C3H8O2/c1-6(10)9(15,4-2-7(11)12)5-3-8(13)14;2*1-3(5)2-4/h2-6,10,15H,1H3,(H,11,12)(H,13,14);2*3-5H,2H2,1H3. The lowest BCUT2D eigenvalue weighted by molar-refractivity contribution is -0.132. The van der Waals surface area contributed by atoms with Crippen LogP contribution in [0.4, 0.5) is 0 Å². The molecule has 0 spiro atoms. The largest absolute Gasteiger partial charge is 0.478 e. The van der Waals surface area contributed by atoms with Crippen LogP contribution in [0.3, 0.4) is 0 Å². The molecule has 0 aromatic rings. The maximum absolute atomic E-state index is 10.2. The first kappa shape index (κ1) is 28.0. The molecule has 0 rings (SSSR count). The molecule has 0 aliphatic carbocycles. The number of hydrogen-bond donors (Lipinski definition) is 8. The van der Waals surface area contributed by atoms with E-state index >= 15 is 0 Å². The quantitative estimate of drug-likeness (QED) is 0.235. The predicted molar refractivity (Wildman–Crippen MR) is 87.7 cm³/mol. The lowest BCUT2D eigenvalue weighted by Crippen LogP contribution is -2.36. The molecule has 0 bridgehead atoms. The van der Waals surface area contributed by atoms with Gasteiger partial charge in [-0.15, -0.1) is 0 Å². The molecule has 0 amide bonds. The molecule has 0 saturated carbocycles. The van der Waals surface area contributed by atoms with Crippen molar-refractivity contribution in [3.05, 3.63) is 24.3 Å². The Morgan fingerprint density at radius 1 is 0.840 bits per heavy atom. The molecule has 0 aromatic heterocycles. The highest BCUT2D eigenvalue weighted by Crippen LogP contribution is 2.14. The van der Waals surface area contributed by atoms with Gasteiger partial charge in [0.25, 0.3) is 0 Å². The molecular weight excluding hydrogens is 340 g/mol. The van der Waals surface area contributed by atoms with Crippen LogP contribution in [0.1, 0.15) is 20.8 Å². The topological polar surface area (TPSA) is 196 Å². The van der Waals surface area contributed by atoms with Crippen molar-refractivity contribution in [2.24, 2.45) is 0 Å². The Balaban J connectivity index is -0.000000396. The molecular formula is C15H28O10. The van der Waals surface area contributed by atoms with Crippen LogP contribution in [0.25, 0.3) is 0 Å². The maximum Gasteiger partial charge on any atom is 0.328 e. The third-order valence-electron chi connectivity index (χ3n) is 2.18. The molecule has 8 N–H and O–H groups in total. The normalized spacial score (nSPS) is 16.7. The number of rotatable bonds is 7. The van der Waals surface area contributed by atoms with E-state index in [9.17, 15) is 14.7 Å². The van der Waals surface area contributed by atoms with Crippen molar-refractivity contribution < 1.29 is 50.4 Å². The molecule has 3 unspecified atom stereocenters. The summed E-state index contributed by atoms with van der Waals surface area (Å²) in [5, 5.41) is 67.4. The third-order valence-corrected chi connectivity index (χ3v) is 2.18. The number of hydrogen-bond acceptors (Lipinski definition) is 8. The number of carbonyl (C=O) groups is 2. The van der Waals surface area contributed by atoms with E-state index in [0.717, 1.165) is 12.2 Å². The van der Waals surface area contributed by atoms with Crippen LogP contribution in [-0.4, -0.2) is 89.9 Å². The summed E-state index contributed by atoms with van der Waals surface area (Å²) in [7, 11) is 0. The van der Waals surface area contributed by atoms with Gasteiger partial charge in [0.15, 0.2) is 0 Å². The first-order valence-corrected chi connectivity index (χ1v) is 7.14. The van der Waals surface area contributed by atoms with E-state index in [1.807, 2.05) is 0 Å². The van der Waals surface area contributed by atoms with Crippen molar-refractivity contribution in [3.63, 3.8) is 0 Å². The van der Waals surface area contributed by atoms with Crippen molar-refractivity contribution in [1.82, 2.24) is 0 Å². The van der Waals surface area contributed by atoms with Crippen LogP contribution >= 0.6 is 0 Å². The minimum absolute atomic E-state index is 0.139. The third kappa shape index (κ3) is 22.2. The summed E-state index contributed by atoms with van der Waals surface area (Å²) < 4.78 is 0. The Hall–Kier alpha value is -1.82. The average Bonchev–Trinajstić information content (AvgIpc) is 2.51.